The highest BCUT2D eigenvalue weighted by molar-refractivity contribution is 5.92. The highest BCUT2D eigenvalue weighted by Gasteiger charge is 2.36. The highest BCUT2D eigenvalue weighted by atomic mass is 16.6. The molecule has 4 aromatic rings. The number of ether oxygens (including phenoxy) is 3. The Bertz CT molecular complexity index is 3030. The molecule has 8 rings (SSSR count). The largest absolute Gasteiger partial charge is 0.480 e. The molecule has 7 N–H and O–H groups in total. The molecule has 4 aliphatic rings. The van der Waals surface area contributed by atoms with Crippen molar-refractivity contribution in [2.75, 3.05) is 13.1 Å². The number of nitrogens with zero attached hydrogens (tertiary/aromatic N) is 2. The number of alkyl carbamates (subject to hydrolysis) is 1. The van der Waals surface area contributed by atoms with Gasteiger partial charge in [0.15, 0.2) is 12.2 Å². The Balaban J connectivity index is 0.000000280. The molecule has 4 aliphatic heterocycles. The van der Waals surface area contributed by atoms with Crippen LogP contribution in [-0.4, -0.2) is 124 Å². The van der Waals surface area contributed by atoms with Crippen LogP contribution in [0.15, 0.2) is 97.1 Å². The number of esters is 2. The number of carboxylic acid groups (broad SMARTS) is 1. The van der Waals surface area contributed by atoms with Crippen LogP contribution in [0.2, 0.25) is 0 Å². The zero-order valence-corrected chi connectivity index (χ0v) is 51.3. The summed E-state index contributed by atoms with van der Waals surface area (Å²) in [6, 6.07) is 27.9. The van der Waals surface area contributed by atoms with Crippen LogP contribution < -0.4 is 32.1 Å². The second-order valence-electron chi connectivity index (χ2n) is 24.0. The van der Waals surface area contributed by atoms with E-state index in [4.69, 9.17) is 14.2 Å². The summed E-state index contributed by atoms with van der Waals surface area (Å²) in [4.78, 5) is 114. The summed E-state index contributed by atoms with van der Waals surface area (Å²) in [5.41, 5.74) is 12.9. The minimum Gasteiger partial charge on any atom is -0.480 e. The number of carbonyl (C=O) groups is 9. The lowest BCUT2D eigenvalue weighted by Gasteiger charge is -2.35. The Morgan fingerprint density at radius 2 is 1.35 bits per heavy atom. The molecule has 86 heavy (non-hydrogen) atoms. The van der Waals surface area contributed by atoms with Crippen LogP contribution in [0, 0.1) is 11.8 Å². The molecule has 4 aromatic carbocycles. The Hall–Kier alpha value is -8.17. The van der Waals surface area contributed by atoms with E-state index in [9.17, 15) is 48.3 Å². The average Bonchev–Trinajstić information content (AvgIpc) is 3.45. The zero-order valence-electron chi connectivity index (χ0n) is 51.3. The molecular weight excluding hydrogens is 1100 g/mol. The van der Waals surface area contributed by atoms with Gasteiger partial charge in [0, 0.05) is 25.9 Å². The first-order chi connectivity index (χ1) is 40.7. The molecule has 21 heteroatoms. The third-order valence-electron chi connectivity index (χ3n) is 14.9. The van der Waals surface area contributed by atoms with Gasteiger partial charge in [-0.2, -0.15) is 0 Å². The number of hydrogen-bond acceptors (Lipinski definition) is 14. The Morgan fingerprint density at radius 3 is 1.99 bits per heavy atom. The number of carboxylic acids is 1. The minimum absolute atomic E-state index is 0.0575. The second-order valence-corrected chi connectivity index (χ2v) is 24.0. The van der Waals surface area contributed by atoms with Crippen molar-refractivity contribution in [3.8, 4) is 22.3 Å². The lowest BCUT2D eigenvalue weighted by atomic mass is 9.98. The fraction of sp³-hybridized carbons (Fsp3) is 0.492. The first kappa shape index (κ1) is 67.0. The number of fused-ring (bicyclic) bond motifs is 12. The summed E-state index contributed by atoms with van der Waals surface area (Å²) in [6.45, 7) is 20.2. The van der Waals surface area contributed by atoms with E-state index in [1.807, 2.05) is 126 Å². The molecule has 4 heterocycles. The normalized spacial score (nSPS) is 20.7. The van der Waals surface area contributed by atoms with Gasteiger partial charge in [-0.1, -0.05) is 113 Å². The Kier molecular flexibility index (Phi) is 24.0. The molecule has 2 saturated heterocycles. The van der Waals surface area contributed by atoms with Crippen LogP contribution in [0.4, 0.5) is 4.79 Å². The molecular formula is C65H86N8O13. The maximum absolute atomic E-state index is 13.1. The fourth-order valence-corrected chi connectivity index (χ4v) is 9.99. The standard InChI is InChI=1S/C35H48N4O8.C30H38N4O5/c1-21(2)30(31(41)36-23(4)32(42)39-19-9-12-28(38-39)33(43)44)46-29(40)18-15-24-13-16-25(17-14-24)27-11-8-10-26(20-27)22(3)37-34(45)47-35(5,6)7;1-18(2)27-29(37)32-20(4)30(38)34-16-6-9-25(33-34)28(36)31-19(3)23-7-5-8-24(17-23)22-13-10-21(11-14-22)12-15-26(35)39-27/h8,10-11,13-14,16-17,20-23,28,30,38H,9,12,15,18-19H2,1-7H3,(H,36,41)(H,37,45)(H,43,44);5,7-8,10-11,13-14,17-20,25,27,33H,6,9,12,15-16H2,1-4H3,(H,31,36)(H,32,37)/t22?,23-,28-,30-;19-,20+,25+,27+/m01/s1. The number of carbonyl (C=O) groups excluding carboxylic acids is 8. The Labute approximate surface area is 504 Å². The summed E-state index contributed by atoms with van der Waals surface area (Å²) < 4.78 is 16.5. The van der Waals surface area contributed by atoms with Crippen LogP contribution >= 0.6 is 0 Å². The first-order valence-corrected chi connectivity index (χ1v) is 29.7. The number of aliphatic carboxylic acids is 1. The van der Waals surface area contributed by atoms with Gasteiger partial charge in [-0.05, 0) is 155 Å². The van der Waals surface area contributed by atoms with Crippen LogP contribution in [0.3, 0.4) is 0 Å². The smallest absolute Gasteiger partial charge is 0.408 e. The van der Waals surface area contributed by atoms with Crippen molar-refractivity contribution in [2.24, 2.45) is 11.8 Å². The van der Waals surface area contributed by atoms with Gasteiger partial charge in [-0.15, -0.1) is 0 Å². The molecule has 0 spiro atoms. The molecule has 6 amide bonds. The third-order valence-corrected chi connectivity index (χ3v) is 14.9. The van der Waals surface area contributed by atoms with E-state index in [-0.39, 0.29) is 48.6 Å². The lowest BCUT2D eigenvalue weighted by Crippen LogP contribution is -2.61. The van der Waals surface area contributed by atoms with E-state index in [2.05, 4.69) is 38.2 Å². The minimum atomic E-state index is -1.10. The predicted molar refractivity (Wildman–Crippen MR) is 323 cm³/mol. The van der Waals surface area contributed by atoms with E-state index in [1.165, 1.54) is 16.9 Å². The molecule has 2 fully saturated rings. The van der Waals surface area contributed by atoms with Gasteiger partial charge in [-0.25, -0.2) is 15.6 Å². The van der Waals surface area contributed by atoms with E-state index in [1.54, 1.807) is 34.6 Å². The molecule has 8 atom stereocenters. The lowest BCUT2D eigenvalue weighted by molar-refractivity contribution is -0.159. The van der Waals surface area contributed by atoms with Crippen LogP contribution in [0.1, 0.15) is 149 Å². The number of rotatable bonds is 13. The van der Waals surface area contributed by atoms with Crippen molar-refractivity contribution in [1.82, 2.24) is 42.1 Å². The van der Waals surface area contributed by atoms with Gasteiger partial charge in [0.1, 0.15) is 29.8 Å². The van der Waals surface area contributed by atoms with E-state index in [0.29, 0.717) is 51.6 Å². The van der Waals surface area contributed by atoms with Gasteiger partial charge in [0.25, 0.3) is 23.6 Å². The van der Waals surface area contributed by atoms with E-state index >= 15 is 0 Å². The fourth-order valence-electron chi connectivity index (χ4n) is 9.99. The first-order valence-electron chi connectivity index (χ1n) is 29.7. The van der Waals surface area contributed by atoms with Crippen molar-refractivity contribution < 1.29 is 62.5 Å². The summed E-state index contributed by atoms with van der Waals surface area (Å²) in [7, 11) is 0. The number of amides is 6. The van der Waals surface area contributed by atoms with Crippen LogP contribution in [0.25, 0.3) is 22.3 Å². The Morgan fingerprint density at radius 1 is 0.721 bits per heavy atom. The molecule has 1 unspecified atom stereocenters. The SMILES string of the molecule is CC(C)[C@@H]1OC(=O)CCc2ccc(cc2)-c2cccc(c2)[C@@H](C)NC(=O)[C@@H]2CCCN(N2)C(=O)[C@H](C)NC1=O.CC(NC(=O)OC(C)(C)C)c1cccc(-c2ccc(CCC(=O)O[C@H](C(=O)N[C@@H](C)C(=O)N3CCC[C@@H](C(=O)O)N3)C(C)C)cc2)c1. The van der Waals surface area contributed by atoms with E-state index < -0.39 is 83.7 Å². The van der Waals surface area contributed by atoms with E-state index in [0.717, 1.165) is 44.5 Å². The number of hydrazine groups is 2. The maximum atomic E-state index is 13.1. The number of aryl methyl sites for hydroxylation is 2. The number of benzene rings is 4. The molecule has 0 radical (unpaired) electrons. The highest BCUT2D eigenvalue weighted by Crippen LogP contribution is 2.27. The van der Waals surface area contributed by atoms with Gasteiger partial charge in [0.05, 0.1) is 12.1 Å². The van der Waals surface area contributed by atoms with Gasteiger partial charge in [-0.3, -0.25) is 48.4 Å². The molecule has 21 nitrogen and oxygen atoms in total. The molecule has 6 bridgehead atoms. The van der Waals surface area contributed by atoms with Crippen molar-refractivity contribution >= 4 is 53.5 Å². The summed E-state index contributed by atoms with van der Waals surface area (Å²) in [5, 5.41) is 23.1. The summed E-state index contributed by atoms with van der Waals surface area (Å²) >= 11 is 0. The molecule has 0 saturated carbocycles. The molecule has 464 valence electrons. The topological polar surface area (TPSA) is 280 Å². The zero-order chi connectivity index (χ0) is 63.0. The van der Waals surface area contributed by atoms with Crippen LogP contribution in [-0.2, 0) is 65.4 Å². The maximum Gasteiger partial charge on any atom is 0.408 e. The summed E-state index contributed by atoms with van der Waals surface area (Å²) in [6.07, 6.45) is 0.629. The second kappa shape index (κ2) is 30.8. The van der Waals surface area contributed by atoms with Gasteiger partial charge in [0.2, 0.25) is 5.91 Å². The van der Waals surface area contributed by atoms with Gasteiger partial charge >= 0.3 is 24.0 Å². The molecule has 0 aromatic heterocycles. The van der Waals surface area contributed by atoms with Gasteiger partial charge < -0.3 is 40.6 Å². The quantitative estimate of drug-likeness (QED) is 0.0502. The third kappa shape index (κ3) is 19.7. The summed E-state index contributed by atoms with van der Waals surface area (Å²) in [5.74, 6) is -4.82. The number of nitrogens with one attached hydrogen (secondary N) is 6. The number of hydrogen-bond donors (Lipinski definition) is 7. The van der Waals surface area contributed by atoms with Crippen molar-refractivity contribution in [2.45, 2.75) is 182 Å². The predicted octanol–water partition coefficient (Wildman–Crippen LogP) is 7.57. The van der Waals surface area contributed by atoms with Crippen molar-refractivity contribution in [3.63, 3.8) is 0 Å². The van der Waals surface area contributed by atoms with Crippen molar-refractivity contribution in [1.29, 1.82) is 0 Å². The van der Waals surface area contributed by atoms with Crippen molar-refractivity contribution in [3.05, 3.63) is 119 Å². The average molecular weight is 1190 g/mol. The molecule has 0 aliphatic carbocycles. The monoisotopic (exact) mass is 1190 g/mol. The van der Waals surface area contributed by atoms with Crippen LogP contribution in [0.5, 0.6) is 0 Å².